The molecule has 0 radical (unpaired) electrons. The molecule has 1 aliphatic heterocycles. The van der Waals surface area contributed by atoms with Crippen LogP contribution in [0.4, 0.5) is 0 Å². The molecule has 2 aromatic heterocycles. The first-order chi connectivity index (χ1) is 33.7. The van der Waals surface area contributed by atoms with E-state index in [0.29, 0.717) is 5.84 Å². The first kappa shape index (κ1) is 39.3. The maximum atomic E-state index is 6.61. The predicted molar refractivity (Wildman–Crippen MR) is 282 cm³/mol. The largest absolute Gasteiger partial charge is 0.456 e. The molecule has 3 heterocycles. The minimum absolute atomic E-state index is 0.373. The van der Waals surface area contributed by atoms with Crippen LogP contribution in [0.15, 0.2) is 257 Å². The Kier molecular flexibility index (Phi) is 9.50. The first-order valence-corrected chi connectivity index (χ1v) is 23.1. The van der Waals surface area contributed by atoms with E-state index in [1.165, 1.54) is 32.9 Å². The summed E-state index contributed by atoms with van der Waals surface area (Å²) in [6.45, 7) is 0. The Morgan fingerprint density at radius 3 is 1.66 bits per heavy atom. The number of amidine groups is 2. The summed E-state index contributed by atoms with van der Waals surface area (Å²) in [6.07, 6.45) is -0.373. The zero-order chi connectivity index (χ0) is 45.0. The van der Waals surface area contributed by atoms with Gasteiger partial charge < -0.3 is 14.3 Å². The van der Waals surface area contributed by atoms with Crippen molar-refractivity contribution in [3.8, 4) is 50.2 Å². The third-order valence-corrected chi connectivity index (χ3v) is 13.2. The number of aromatic nitrogens is 1. The quantitative estimate of drug-likeness (QED) is 0.165. The topological polar surface area (TPSA) is 54.8 Å². The van der Waals surface area contributed by atoms with Gasteiger partial charge in [0.15, 0.2) is 5.84 Å². The van der Waals surface area contributed by atoms with E-state index in [1.54, 1.807) is 0 Å². The standard InChI is InChI=1S/C63H42N4O/c1-5-17-41(18-6-1)48-36-49(42-19-7-2-8-20-42)38-50(37-48)44-23-15-24-47(35-44)62-64-61(43-21-9-3-10-22-43)65-63(66-62)53-28-16-30-59-60(53)55-40-46(32-34-58(55)68-59)45-31-33-57-54(39-45)52-27-13-14-29-56(52)67(57)51-25-11-4-12-26-51/h1-40,61H,(H,64,65,66). The molecular weight excluding hydrogens is 829 g/mol. The molecule has 1 atom stereocenters. The van der Waals surface area contributed by atoms with Gasteiger partial charge in [0.05, 0.1) is 11.0 Å². The van der Waals surface area contributed by atoms with Crippen LogP contribution < -0.4 is 5.32 Å². The van der Waals surface area contributed by atoms with E-state index < -0.39 is 0 Å². The second kappa shape index (κ2) is 16.4. The molecule has 1 N–H and O–H groups in total. The van der Waals surface area contributed by atoms with Crippen LogP contribution in [0, 0.1) is 0 Å². The van der Waals surface area contributed by atoms with Crippen molar-refractivity contribution in [1.82, 2.24) is 9.88 Å². The van der Waals surface area contributed by atoms with Gasteiger partial charge >= 0.3 is 0 Å². The van der Waals surface area contributed by atoms with Crippen LogP contribution >= 0.6 is 0 Å². The highest BCUT2D eigenvalue weighted by Gasteiger charge is 2.25. The fourth-order valence-electron chi connectivity index (χ4n) is 9.96. The lowest BCUT2D eigenvalue weighted by Gasteiger charge is -2.24. The number of rotatable bonds is 8. The van der Waals surface area contributed by atoms with Crippen LogP contribution in [-0.2, 0) is 0 Å². The van der Waals surface area contributed by atoms with E-state index >= 15 is 0 Å². The molecule has 5 nitrogen and oxygen atoms in total. The monoisotopic (exact) mass is 870 g/mol. The molecule has 0 spiro atoms. The molecule has 5 heteroatoms. The highest BCUT2D eigenvalue weighted by Crippen LogP contribution is 2.39. The van der Waals surface area contributed by atoms with E-state index in [2.05, 4.69) is 240 Å². The molecule has 0 aliphatic carbocycles. The Morgan fingerprint density at radius 2 is 0.926 bits per heavy atom. The van der Waals surface area contributed by atoms with Gasteiger partial charge in [-0.2, -0.15) is 0 Å². The first-order valence-electron chi connectivity index (χ1n) is 23.1. The van der Waals surface area contributed by atoms with Gasteiger partial charge in [-0.25, -0.2) is 9.98 Å². The molecule has 0 saturated heterocycles. The van der Waals surface area contributed by atoms with Crippen molar-refractivity contribution in [2.24, 2.45) is 9.98 Å². The molecule has 13 rings (SSSR count). The Bertz CT molecular complexity index is 3870. The summed E-state index contributed by atoms with van der Waals surface area (Å²) in [6, 6.07) is 85.9. The van der Waals surface area contributed by atoms with E-state index in [1.807, 2.05) is 12.1 Å². The molecule has 320 valence electrons. The lowest BCUT2D eigenvalue weighted by molar-refractivity contribution is 0.668. The number of hydrogen-bond donors (Lipinski definition) is 1. The number of nitrogens with zero attached hydrogens (tertiary/aromatic N) is 3. The van der Waals surface area contributed by atoms with Crippen molar-refractivity contribution in [3.63, 3.8) is 0 Å². The summed E-state index contributed by atoms with van der Waals surface area (Å²) in [5, 5.41) is 8.21. The van der Waals surface area contributed by atoms with E-state index in [0.717, 1.165) is 83.5 Å². The van der Waals surface area contributed by atoms with Gasteiger partial charge in [-0.3, -0.25) is 0 Å². The fraction of sp³-hybridized carbons (Fsp3) is 0.0159. The van der Waals surface area contributed by atoms with Crippen molar-refractivity contribution < 1.29 is 4.42 Å². The van der Waals surface area contributed by atoms with Crippen LogP contribution in [0.25, 0.3) is 93.9 Å². The molecule has 0 fully saturated rings. The highest BCUT2D eigenvalue weighted by atomic mass is 16.3. The van der Waals surface area contributed by atoms with Gasteiger partial charge in [-0.1, -0.05) is 170 Å². The predicted octanol–water partition coefficient (Wildman–Crippen LogP) is 15.8. The maximum Gasteiger partial charge on any atom is 0.159 e. The van der Waals surface area contributed by atoms with Crippen molar-refractivity contribution in [2.75, 3.05) is 0 Å². The number of fused-ring (bicyclic) bond motifs is 6. The van der Waals surface area contributed by atoms with E-state index in [-0.39, 0.29) is 6.17 Å². The summed E-state index contributed by atoms with van der Waals surface area (Å²) in [7, 11) is 0. The maximum absolute atomic E-state index is 6.61. The van der Waals surface area contributed by atoms with Crippen LogP contribution in [0.1, 0.15) is 22.9 Å². The van der Waals surface area contributed by atoms with Gasteiger partial charge in [-0.05, 0) is 123 Å². The number of furan rings is 1. The Hall–Kier alpha value is -9.06. The molecule has 1 unspecified atom stereocenters. The molecule has 0 bridgehead atoms. The normalized spacial score (nSPS) is 13.7. The second-order valence-corrected chi connectivity index (χ2v) is 17.4. The molecule has 1 aliphatic rings. The number of nitrogens with one attached hydrogen (secondary N) is 1. The molecule has 12 aromatic rings. The van der Waals surface area contributed by atoms with Crippen molar-refractivity contribution in [3.05, 3.63) is 259 Å². The zero-order valence-corrected chi connectivity index (χ0v) is 36.9. The summed E-state index contributed by atoms with van der Waals surface area (Å²) in [5.41, 5.74) is 17.2. The minimum Gasteiger partial charge on any atom is -0.456 e. The number of para-hydroxylation sites is 2. The average Bonchev–Trinajstić information content (AvgIpc) is 3.97. The van der Waals surface area contributed by atoms with Crippen LogP contribution in [0.3, 0.4) is 0 Å². The third-order valence-electron chi connectivity index (χ3n) is 13.2. The summed E-state index contributed by atoms with van der Waals surface area (Å²) in [4.78, 5) is 10.7. The molecule has 10 aromatic carbocycles. The van der Waals surface area contributed by atoms with E-state index in [9.17, 15) is 0 Å². The van der Waals surface area contributed by atoms with Crippen molar-refractivity contribution in [1.29, 1.82) is 0 Å². The lowest BCUT2D eigenvalue weighted by Crippen LogP contribution is -2.33. The summed E-state index contributed by atoms with van der Waals surface area (Å²) >= 11 is 0. The average molecular weight is 871 g/mol. The van der Waals surface area contributed by atoms with Crippen molar-refractivity contribution in [2.45, 2.75) is 6.17 Å². The smallest absolute Gasteiger partial charge is 0.159 e. The summed E-state index contributed by atoms with van der Waals surface area (Å²) < 4.78 is 8.96. The highest BCUT2D eigenvalue weighted by molar-refractivity contribution is 6.22. The Balaban J connectivity index is 0.930. The number of benzene rings is 10. The van der Waals surface area contributed by atoms with Gasteiger partial charge in [0.25, 0.3) is 0 Å². The molecule has 0 amide bonds. The number of hydrogen-bond acceptors (Lipinski definition) is 4. The van der Waals surface area contributed by atoms with Crippen LogP contribution in [0.2, 0.25) is 0 Å². The Morgan fingerprint density at radius 1 is 0.382 bits per heavy atom. The summed E-state index contributed by atoms with van der Waals surface area (Å²) in [5.74, 6) is 1.39. The minimum atomic E-state index is -0.373. The lowest BCUT2D eigenvalue weighted by atomic mass is 9.93. The van der Waals surface area contributed by atoms with Gasteiger partial charge in [0.1, 0.15) is 23.2 Å². The molecular formula is C63H42N4O. The zero-order valence-electron chi connectivity index (χ0n) is 36.9. The van der Waals surface area contributed by atoms with Gasteiger partial charge in [-0.15, -0.1) is 0 Å². The fourth-order valence-corrected chi connectivity index (χ4v) is 9.96. The van der Waals surface area contributed by atoms with Crippen LogP contribution in [-0.4, -0.2) is 16.2 Å². The van der Waals surface area contributed by atoms with Crippen molar-refractivity contribution >= 4 is 55.4 Å². The number of aliphatic imine (C=N–C) groups is 2. The second-order valence-electron chi connectivity index (χ2n) is 17.4. The van der Waals surface area contributed by atoms with Gasteiger partial charge in [0, 0.05) is 38.4 Å². The Labute approximate surface area is 393 Å². The van der Waals surface area contributed by atoms with Gasteiger partial charge in [0.2, 0.25) is 0 Å². The molecule has 0 saturated carbocycles. The third kappa shape index (κ3) is 6.97. The van der Waals surface area contributed by atoms with Crippen LogP contribution in [0.5, 0.6) is 0 Å². The SMILES string of the molecule is c1ccc(-c2cc(-c3ccccc3)cc(-c3cccc(C4=NC(c5ccccc5)NC(c5cccc6oc7ccc(-c8ccc9c(c8)c8ccccc8n9-c8ccccc8)cc7c56)=N4)c3)c2)cc1. The molecule has 68 heavy (non-hydrogen) atoms. The van der Waals surface area contributed by atoms with E-state index in [4.69, 9.17) is 14.4 Å².